The van der Waals surface area contributed by atoms with E-state index < -0.39 is 52.4 Å². The van der Waals surface area contributed by atoms with Crippen molar-refractivity contribution in [2.24, 2.45) is 11.8 Å². The Hall–Kier alpha value is -6.23. The number of Topliss-reactive ketones (excluding diaryl/α,β-unsaturated/α-hetero) is 1. The summed E-state index contributed by atoms with van der Waals surface area (Å²) in [5.74, 6) is -2.08. The first-order chi connectivity index (χ1) is 30.1. The molecule has 1 aliphatic rings. The number of carbonyl (C=O) groups is 5. The van der Waals surface area contributed by atoms with Crippen molar-refractivity contribution in [1.82, 2.24) is 31.6 Å². The van der Waals surface area contributed by atoms with Gasteiger partial charge in [0.15, 0.2) is 11.3 Å². The summed E-state index contributed by atoms with van der Waals surface area (Å²) >= 11 is 0. The Kier molecular flexibility index (Phi) is 17.3. The number of anilines is 1. The number of ketones is 1. The molecule has 1 fully saturated rings. The molecule has 0 aliphatic carbocycles. The van der Waals surface area contributed by atoms with Crippen molar-refractivity contribution >= 4 is 51.8 Å². The topological polar surface area (TPSA) is 240 Å². The van der Waals surface area contributed by atoms with Crippen LogP contribution in [0.25, 0.3) is 11.0 Å². The number of amides is 4. The largest absolute Gasteiger partial charge is 0.383 e. The Morgan fingerprint density at radius 3 is 1.92 bits per heavy atom. The van der Waals surface area contributed by atoms with Gasteiger partial charge in [0.05, 0.1) is 23.3 Å². The number of nitrogens with zero attached hydrogens (tertiary/aromatic N) is 3. The van der Waals surface area contributed by atoms with Crippen molar-refractivity contribution in [3.05, 3.63) is 94.0 Å². The number of rotatable bonds is 26. The van der Waals surface area contributed by atoms with Gasteiger partial charge in [-0.25, -0.2) is 4.63 Å². The van der Waals surface area contributed by atoms with Crippen molar-refractivity contribution in [2.45, 2.75) is 122 Å². The number of nitrogens with one attached hydrogen (secondary N) is 5. The molecule has 0 radical (unpaired) electrons. The number of hydrogen-bond acceptors (Lipinski definition) is 12. The van der Waals surface area contributed by atoms with E-state index in [2.05, 4.69) is 36.9 Å². The van der Waals surface area contributed by atoms with Crippen LogP contribution in [0.1, 0.15) is 90.7 Å². The minimum absolute atomic E-state index is 0.0271. The first kappa shape index (κ1) is 47.8. The number of hydrogen-bond donors (Lipinski definition) is 5. The van der Waals surface area contributed by atoms with Gasteiger partial charge >= 0.3 is 5.69 Å². The highest BCUT2D eigenvalue weighted by Gasteiger charge is 2.50. The van der Waals surface area contributed by atoms with E-state index in [1.807, 2.05) is 88.4 Å². The van der Waals surface area contributed by atoms with Gasteiger partial charge in [-0.2, -0.15) is 0 Å². The van der Waals surface area contributed by atoms with Crippen LogP contribution < -0.4 is 26.6 Å². The number of unbranched alkanes of at least 4 members (excludes halogenated alkanes) is 2. The summed E-state index contributed by atoms with van der Waals surface area (Å²) in [5, 5.41) is 33.6. The molecule has 17 heteroatoms. The van der Waals surface area contributed by atoms with Crippen LogP contribution in [0.2, 0.25) is 0 Å². The Balaban J connectivity index is 1.22. The van der Waals surface area contributed by atoms with Crippen LogP contribution in [0.4, 0.5) is 11.4 Å². The predicted molar refractivity (Wildman–Crippen MR) is 236 cm³/mol. The highest BCUT2D eigenvalue weighted by atomic mass is 16.6. The van der Waals surface area contributed by atoms with Crippen LogP contribution in [0.15, 0.2) is 77.4 Å². The molecule has 0 spiro atoms. The molecule has 5 rings (SSSR count). The third-order valence-electron chi connectivity index (χ3n) is 10.9. The third-order valence-corrected chi connectivity index (χ3v) is 10.9. The van der Waals surface area contributed by atoms with Gasteiger partial charge in [0.25, 0.3) is 0 Å². The minimum atomic E-state index is -1.07. The highest BCUT2D eigenvalue weighted by Crippen LogP contribution is 2.30. The third kappa shape index (κ3) is 14.4. The van der Waals surface area contributed by atoms with Crippen LogP contribution >= 0.6 is 0 Å². The first-order valence-electron chi connectivity index (χ1n) is 21.7. The summed E-state index contributed by atoms with van der Waals surface area (Å²) in [6.07, 6.45) is 3.58. The van der Waals surface area contributed by atoms with Gasteiger partial charge in [0.2, 0.25) is 29.1 Å². The average molecular weight is 869 g/mol. The summed E-state index contributed by atoms with van der Waals surface area (Å²) in [4.78, 5) is 79.9. The molecule has 5 N–H and O–H groups in total. The van der Waals surface area contributed by atoms with Crippen LogP contribution in [0.5, 0.6) is 0 Å². The molecule has 1 aromatic heterocycles. The Labute approximate surface area is 367 Å². The van der Waals surface area contributed by atoms with Crippen molar-refractivity contribution in [2.75, 3.05) is 18.5 Å². The van der Waals surface area contributed by atoms with Gasteiger partial charge in [0, 0.05) is 25.5 Å². The summed E-state index contributed by atoms with van der Waals surface area (Å²) < 4.78 is 10.1. The zero-order valence-electron chi connectivity index (χ0n) is 36.7. The van der Waals surface area contributed by atoms with Crippen molar-refractivity contribution < 1.29 is 38.3 Å². The molecule has 1 unspecified atom stereocenters. The van der Waals surface area contributed by atoms with Gasteiger partial charge in [-0.3, -0.25) is 34.1 Å². The number of benzene rings is 3. The number of non-ortho nitro benzene ring substituents is 1. The van der Waals surface area contributed by atoms with Gasteiger partial charge in [-0.1, -0.05) is 94.8 Å². The molecule has 0 saturated carbocycles. The maximum absolute atomic E-state index is 14.2. The zero-order valence-corrected chi connectivity index (χ0v) is 36.7. The standard InChI is InChI=1S/C46H60N8O9/c1-29(2)25-35(42(56)46(5)28-62-46)49-45(59)37(27-32-17-11-7-12-18-32)51-44(58)36(26-30(3)4)50-43(57)34(21-20-31-15-9-6-10-16-31)48-39(55)19-13-8-14-24-47-33-22-23-38(54(60)61)41-40(33)52-63-53-41/h6-7,9-12,15-18,22-23,29-30,34-37,47H,8,13-14,19-21,24-28H2,1-5H3,(H,48,55)(H,49,59)(H,50,57)(H,51,58)/t34-,35?,36-,37-,46+/m0/s1. The molecule has 338 valence electrons. The maximum atomic E-state index is 14.2. The number of ether oxygens (including phenoxy) is 1. The van der Waals surface area contributed by atoms with E-state index in [0.717, 1.165) is 11.1 Å². The average Bonchev–Trinajstić information content (AvgIpc) is 3.81. The van der Waals surface area contributed by atoms with E-state index >= 15 is 0 Å². The molecule has 0 bridgehead atoms. The Bertz CT molecular complexity index is 2180. The second kappa shape index (κ2) is 22.7. The van der Waals surface area contributed by atoms with E-state index in [-0.39, 0.29) is 72.5 Å². The Morgan fingerprint density at radius 2 is 1.29 bits per heavy atom. The molecule has 4 aromatic rings. The fourth-order valence-electron chi connectivity index (χ4n) is 7.35. The lowest BCUT2D eigenvalue weighted by molar-refractivity contribution is -0.383. The molecule has 1 saturated heterocycles. The number of nitro groups is 1. The summed E-state index contributed by atoms with van der Waals surface area (Å²) in [6, 6.07) is 17.8. The lowest BCUT2D eigenvalue weighted by Crippen LogP contribution is -2.59. The van der Waals surface area contributed by atoms with Crippen LogP contribution in [0, 0.1) is 22.0 Å². The van der Waals surface area contributed by atoms with E-state index in [9.17, 15) is 34.1 Å². The fraction of sp³-hybridized carbons (Fsp3) is 0.500. The van der Waals surface area contributed by atoms with Crippen LogP contribution in [0.3, 0.4) is 0 Å². The van der Waals surface area contributed by atoms with Crippen LogP contribution in [-0.4, -0.2) is 87.6 Å². The normalized spacial score (nSPS) is 16.4. The van der Waals surface area contributed by atoms with E-state index in [4.69, 9.17) is 9.37 Å². The van der Waals surface area contributed by atoms with E-state index in [0.29, 0.717) is 44.3 Å². The maximum Gasteiger partial charge on any atom is 0.300 e. The quantitative estimate of drug-likeness (QED) is 0.0232. The van der Waals surface area contributed by atoms with Gasteiger partial charge < -0.3 is 31.3 Å². The monoisotopic (exact) mass is 868 g/mol. The molecule has 3 aromatic carbocycles. The highest BCUT2D eigenvalue weighted by molar-refractivity contribution is 5.99. The zero-order chi connectivity index (χ0) is 45.5. The number of carbonyl (C=O) groups excluding carboxylic acids is 5. The van der Waals surface area contributed by atoms with E-state index in [1.54, 1.807) is 13.0 Å². The minimum Gasteiger partial charge on any atom is -0.383 e. The molecular formula is C46H60N8O9. The molecule has 5 atom stereocenters. The van der Waals surface area contributed by atoms with Crippen LogP contribution in [-0.2, 0) is 41.6 Å². The molecule has 17 nitrogen and oxygen atoms in total. The number of epoxide rings is 1. The summed E-state index contributed by atoms with van der Waals surface area (Å²) in [6.45, 7) is 10.3. The molecule has 1 aliphatic heterocycles. The van der Waals surface area contributed by atoms with Gasteiger partial charge in [-0.05, 0) is 84.8 Å². The van der Waals surface area contributed by atoms with Gasteiger partial charge in [-0.15, -0.1) is 0 Å². The summed E-state index contributed by atoms with van der Waals surface area (Å²) in [7, 11) is 0. The van der Waals surface area contributed by atoms with E-state index in [1.165, 1.54) is 6.07 Å². The Morgan fingerprint density at radius 1 is 0.714 bits per heavy atom. The molecule has 4 amide bonds. The second-order valence-corrected chi connectivity index (χ2v) is 17.2. The predicted octanol–water partition coefficient (Wildman–Crippen LogP) is 5.37. The van der Waals surface area contributed by atoms with Crippen molar-refractivity contribution in [1.29, 1.82) is 0 Å². The smallest absolute Gasteiger partial charge is 0.300 e. The lowest BCUT2D eigenvalue weighted by atomic mass is 9.93. The molecule has 63 heavy (non-hydrogen) atoms. The molecule has 2 heterocycles. The number of fused-ring (bicyclic) bond motifs is 1. The summed E-state index contributed by atoms with van der Waals surface area (Å²) in [5.41, 5.74) is 1.47. The second-order valence-electron chi connectivity index (χ2n) is 17.2. The van der Waals surface area contributed by atoms with Crippen molar-refractivity contribution in [3.63, 3.8) is 0 Å². The first-order valence-corrected chi connectivity index (χ1v) is 21.7. The number of aromatic nitrogens is 2. The SMILES string of the molecule is CC(C)CC(NC(=O)[C@H](Cc1ccccc1)NC(=O)[C@H](CC(C)C)NC(=O)[C@H](CCc1ccccc1)NC(=O)CCCCCNc1ccc([N+](=O)[O-])c2nonc12)C(=O)[C@@]1(C)CO1. The number of nitro benzene ring substituents is 1. The lowest BCUT2D eigenvalue weighted by Gasteiger charge is -2.28. The van der Waals surface area contributed by atoms with Gasteiger partial charge in [0.1, 0.15) is 23.7 Å². The number of aryl methyl sites for hydroxylation is 1. The fourth-order valence-corrected chi connectivity index (χ4v) is 7.35. The van der Waals surface area contributed by atoms with Crippen molar-refractivity contribution in [3.8, 4) is 0 Å². The molecular weight excluding hydrogens is 809 g/mol.